The second-order valence-corrected chi connectivity index (χ2v) is 14.9. The molecule has 3 aromatic heterocycles. The van der Waals surface area contributed by atoms with E-state index in [1.54, 1.807) is 62.4 Å². The van der Waals surface area contributed by atoms with Gasteiger partial charge in [0.05, 0.1) is 48.8 Å². The highest BCUT2D eigenvalue weighted by Gasteiger charge is 2.18. The Kier molecular flexibility index (Phi) is 21.0. The lowest BCUT2D eigenvalue weighted by Gasteiger charge is -2.09. The third kappa shape index (κ3) is 16.3. The number of benzene rings is 4. The van der Waals surface area contributed by atoms with Crippen LogP contribution in [-0.4, -0.2) is 79.1 Å². The third-order valence-corrected chi connectivity index (χ3v) is 9.42. The van der Waals surface area contributed by atoms with E-state index in [0.717, 1.165) is 40.6 Å². The van der Waals surface area contributed by atoms with Gasteiger partial charge in [0.2, 0.25) is 0 Å². The van der Waals surface area contributed by atoms with Gasteiger partial charge in [-0.1, -0.05) is 30.3 Å². The van der Waals surface area contributed by atoms with E-state index < -0.39 is 69.8 Å². The molecular formula is C50H42F6N8O10. The molecule has 4 aromatic carbocycles. The van der Waals surface area contributed by atoms with Gasteiger partial charge in [0.1, 0.15) is 12.6 Å². The smallest absolute Gasteiger partial charge is 0.341 e. The topological polar surface area (TPSA) is 274 Å². The van der Waals surface area contributed by atoms with E-state index in [9.17, 15) is 55.1 Å². The van der Waals surface area contributed by atoms with Crippen molar-refractivity contribution < 1.29 is 70.3 Å². The van der Waals surface area contributed by atoms with Crippen LogP contribution in [0.3, 0.4) is 0 Å². The summed E-state index contributed by atoms with van der Waals surface area (Å²) in [4.78, 5) is 83.8. The van der Waals surface area contributed by atoms with E-state index in [-0.39, 0.29) is 72.8 Å². The van der Waals surface area contributed by atoms with Gasteiger partial charge < -0.3 is 29.0 Å². The van der Waals surface area contributed by atoms with Crippen LogP contribution in [0.5, 0.6) is 0 Å². The molecule has 0 atom stereocenters. The van der Waals surface area contributed by atoms with E-state index >= 15 is 0 Å². The molecule has 18 nitrogen and oxygen atoms in total. The summed E-state index contributed by atoms with van der Waals surface area (Å²) < 4.78 is 92.0. The zero-order valence-corrected chi connectivity index (χ0v) is 39.1. The van der Waals surface area contributed by atoms with Crippen LogP contribution in [-0.2, 0) is 41.7 Å². The summed E-state index contributed by atoms with van der Waals surface area (Å²) in [7, 11) is 0. The van der Waals surface area contributed by atoms with Crippen molar-refractivity contribution in [2.24, 2.45) is 11.7 Å². The number of aliphatic carboxylic acids is 1. The minimum Gasteiger partial charge on any atom is -0.550 e. The molecule has 0 saturated heterocycles. The van der Waals surface area contributed by atoms with Gasteiger partial charge in [-0.15, -0.1) is 0 Å². The number of ether oxygens (including phenoxy) is 2. The van der Waals surface area contributed by atoms with Crippen molar-refractivity contribution in [1.82, 2.24) is 29.5 Å². The molecule has 0 spiro atoms. The molecule has 3 heterocycles. The summed E-state index contributed by atoms with van der Waals surface area (Å²) in [6.45, 7) is 4.84. The van der Waals surface area contributed by atoms with Crippen molar-refractivity contribution in [3.05, 3.63) is 187 Å². The quantitative estimate of drug-likeness (QED) is 0.0301. The first-order chi connectivity index (χ1) is 35.2. The maximum Gasteiger partial charge on any atom is 0.341 e. The van der Waals surface area contributed by atoms with E-state index in [4.69, 9.17) is 25.8 Å². The van der Waals surface area contributed by atoms with Crippen molar-refractivity contribution in [3.63, 3.8) is 0 Å². The number of carbonyl (C=O) groups is 5. The normalized spacial score (nSPS) is 10.3. The number of rotatable bonds is 14. The molecule has 0 radical (unpaired) electrons. The SMILES string of the molecule is CC(=O)[O-].CCOC(=O)C(C=O)C=O.CCOC(=O)c1cnc(-c2cccc(Cn3nc(-c4cc(F)c(F)c(F)c4)ccc3=O)c2)nc1.NC(=[NH2+])c1cccc(Cn2nc(-c3cc(F)c(F)c(F)c3)ccc2=O)c1. The Morgan fingerprint density at radius 1 is 0.649 bits per heavy atom. The molecule has 7 aromatic rings. The number of amidine groups is 1. The summed E-state index contributed by atoms with van der Waals surface area (Å²) in [5, 5.41) is 22.7. The second-order valence-electron chi connectivity index (χ2n) is 14.9. The van der Waals surface area contributed by atoms with Crippen molar-refractivity contribution in [2.45, 2.75) is 33.9 Å². The highest BCUT2D eigenvalue weighted by molar-refractivity contribution is 6.02. The van der Waals surface area contributed by atoms with Gasteiger partial charge in [0.25, 0.3) is 17.0 Å². The average molecular weight is 1030 g/mol. The van der Waals surface area contributed by atoms with Crippen LogP contribution >= 0.6 is 0 Å². The zero-order valence-electron chi connectivity index (χ0n) is 39.1. The van der Waals surface area contributed by atoms with Crippen LogP contribution in [0.2, 0.25) is 0 Å². The van der Waals surface area contributed by atoms with E-state index in [0.29, 0.717) is 28.1 Å². The summed E-state index contributed by atoms with van der Waals surface area (Å²) >= 11 is 0. The minimum atomic E-state index is -1.58. The number of hydrogen-bond donors (Lipinski definition) is 2. The maximum atomic E-state index is 13.6. The Morgan fingerprint density at radius 2 is 1.08 bits per heavy atom. The first-order valence-corrected chi connectivity index (χ1v) is 21.5. The molecule has 0 fully saturated rings. The van der Waals surface area contributed by atoms with Gasteiger partial charge in [-0.2, -0.15) is 10.2 Å². The van der Waals surface area contributed by atoms with Crippen molar-refractivity contribution >= 4 is 36.3 Å². The van der Waals surface area contributed by atoms with E-state index in [2.05, 4.69) is 24.9 Å². The van der Waals surface area contributed by atoms with Crippen LogP contribution in [0, 0.1) is 40.8 Å². The number of aromatic nitrogens is 6. The lowest BCUT2D eigenvalue weighted by molar-refractivity contribution is -0.302. The number of carboxylic acid groups (broad SMARTS) is 1. The molecule has 384 valence electrons. The van der Waals surface area contributed by atoms with Crippen molar-refractivity contribution in [3.8, 4) is 33.9 Å². The molecular weight excluding hydrogens is 987 g/mol. The van der Waals surface area contributed by atoms with Gasteiger partial charge in [-0.3, -0.25) is 25.5 Å². The molecule has 0 saturated carbocycles. The first kappa shape index (κ1) is 57.1. The Labute approximate surface area is 415 Å². The summed E-state index contributed by atoms with van der Waals surface area (Å²) in [6, 6.07) is 22.2. The fourth-order valence-corrected chi connectivity index (χ4v) is 6.02. The number of carboxylic acids is 1. The number of carbonyl (C=O) groups excluding carboxylic acids is 5. The Hall–Kier alpha value is -9.48. The summed E-state index contributed by atoms with van der Waals surface area (Å²) in [5.74, 6) is -11.6. The lowest BCUT2D eigenvalue weighted by atomic mass is 10.1. The molecule has 7 rings (SSSR count). The Balaban J connectivity index is 0.000000261. The van der Waals surface area contributed by atoms with E-state index in [1.807, 2.05) is 0 Å². The van der Waals surface area contributed by atoms with Gasteiger partial charge >= 0.3 is 11.9 Å². The maximum absolute atomic E-state index is 13.6. The van der Waals surface area contributed by atoms with E-state index in [1.165, 1.54) is 36.7 Å². The number of esters is 2. The molecule has 0 amide bonds. The predicted octanol–water partition coefficient (Wildman–Crippen LogP) is 3.17. The second kappa shape index (κ2) is 27.2. The largest absolute Gasteiger partial charge is 0.550 e. The fraction of sp³-hybridized carbons (Fsp3) is 0.160. The predicted molar refractivity (Wildman–Crippen MR) is 249 cm³/mol. The van der Waals surface area contributed by atoms with Gasteiger partial charge in [0, 0.05) is 47.2 Å². The molecule has 0 aliphatic rings. The summed E-state index contributed by atoms with van der Waals surface area (Å²) in [6.07, 6.45) is 3.24. The highest BCUT2D eigenvalue weighted by atomic mass is 19.2. The van der Waals surface area contributed by atoms with Gasteiger partial charge in [0.15, 0.2) is 46.6 Å². The fourth-order valence-electron chi connectivity index (χ4n) is 6.02. The van der Waals surface area contributed by atoms with Crippen LogP contribution in [0.4, 0.5) is 26.3 Å². The third-order valence-electron chi connectivity index (χ3n) is 9.42. The zero-order chi connectivity index (χ0) is 54.6. The number of nitrogens with zero attached hydrogens (tertiary/aromatic N) is 6. The molecule has 4 N–H and O–H groups in total. The minimum absolute atomic E-state index is 0.00556. The van der Waals surface area contributed by atoms with Crippen LogP contribution in [0.15, 0.2) is 119 Å². The molecule has 0 unspecified atom stereocenters. The lowest BCUT2D eigenvalue weighted by Crippen LogP contribution is -2.46. The number of nitrogens with two attached hydrogens (primary N) is 2. The molecule has 0 aliphatic carbocycles. The molecule has 0 bridgehead atoms. The molecule has 24 heteroatoms. The van der Waals surface area contributed by atoms with Gasteiger partial charge in [-0.05, 0) is 86.5 Å². The number of halogens is 6. The number of aldehydes is 2. The number of hydrogen-bond acceptors (Lipinski definition) is 14. The van der Waals surface area contributed by atoms with Crippen LogP contribution in [0.25, 0.3) is 33.9 Å². The highest BCUT2D eigenvalue weighted by Crippen LogP contribution is 2.24. The van der Waals surface area contributed by atoms with Crippen molar-refractivity contribution in [1.29, 1.82) is 0 Å². The van der Waals surface area contributed by atoms with Crippen LogP contribution in [0.1, 0.15) is 47.8 Å². The first-order valence-electron chi connectivity index (χ1n) is 21.5. The Bertz CT molecular complexity index is 3240. The van der Waals surface area contributed by atoms with Crippen LogP contribution < -0.4 is 27.4 Å². The average Bonchev–Trinajstić information content (AvgIpc) is 3.37. The monoisotopic (exact) mass is 1030 g/mol. The standard InChI is InChI=1S/C24H17F3N4O3.C18H13F3N4O.C6H8O4.C2H4O2/c1-2-34-24(33)17-11-28-23(29-12-17)15-5-3-4-14(8-15)13-31-21(32)7-6-20(30-31)16-9-18(25)22(27)19(26)10-16;19-13-7-12(8-14(20)17(13)21)15-4-5-16(26)25(24-15)9-10-2-1-3-11(6-10)18(22)23;1-2-10-6(9)5(3-7)4-8;1-2(3)4/h3-12H,2,13H2,1H3;1-8H,9H2,(H3,22,23);3-5H,2H2,1H3;1H3,(H,3,4). The Morgan fingerprint density at radius 3 is 1.50 bits per heavy atom. The van der Waals surface area contributed by atoms with Gasteiger partial charge in [-0.25, -0.2) is 50.5 Å². The molecule has 0 aliphatic heterocycles. The van der Waals surface area contributed by atoms with Crippen molar-refractivity contribution in [2.75, 3.05) is 13.2 Å². The summed E-state index contributed by atoms with van der Waals surface area (Å²) in [5.41, 5.74) is 7.81. The molecule has 74 heavy (non-hydrogen) atoms.